The minimum absolute atomic E-state index is 0.0968. The Balaban J connectivity index is 0.949. The summed E-state index contributed by atoms with van der Waals surface area (Å²) in [7, 11) is 0. The van der Waals surface area contributed by atoms with Crippen LogP contribution in [0.4, 0.5) is 0 Å². The number of hydrogen-bond acceptors (Lipinski definition) is 24. The van der Waals surface area contributed by atoms with Crippen LogP contribution >= 0.6 is 0 Å². The summed E-state index contributed by atoms with van der Waals surface area (Å²) >= 11 is 0. The van der Waals surface area contributed by atoms with Gasteiger partial charge in [-0.05, 0) is 90.8 Å². The third kappa shape index (κ3) is 10.8. The molecule has 4 heterocycles. The Morgan fingerprint density at radius 1 is 0.585 bits per heavy atom. The van der Waals surface area contributed by atoms with Crippen molar-refractivity contribution in [2.24, 2.45) is 50.2 Å². The first-order chi connectivity index (χ1) is 38.3. The van der Waals surface area contributed by atoms with Crippen molar-refractivity contribution in [1.82, 2.24) is 0 Å². The number of carboxylic acid groups (broad SMARTS) is 1. The molecule has 9 rings (SSSR count). The molecule has 0 unspecified atom stereocenters. The number of fused-ring (bicyclic) bond motifs is 7. The van der Waals surface area contributed by atoms with Gasteiger partial charge < -0.3 is 103 Å². The lowest BCUT2D eigenvalue weighted by molar-refractivity contribution is -0.367. The maximum atomic E-state index is 12.4. The molecule has 10 N–H and O–H groups in total. The molecule has 466 valence electrons. The molecule has 0 aromatic carbocycles. The maximum Gasteiger partial charge on any atom is 0.335 e. The van der Waals surface area contributed by atoms with Crippen molar-refractivity contribution in [3.05, 3.63) is 11.6 Å². The third-order valence-electron chi connectivity index (χ3n) is 21.5. The molecular weight excluding hydrogens is 1080 g/mol. The van der Waals surface area contributed by atoms with Gasteiger partial charge in [-0.25, -0.2) is 4.79 Å². The van der Waals surface area contributed by atoms with Crippen molar-refractivity contribution < 1.29 is 122 Å². The molecule has 0 amide bonds. The van der Waals surface area contributed by atoms with Crippen LogP contribution in [0.15, 0.2) is 11.6 Å². The summed E-state index contributed by atoms with van der Waals surface area (Å²) in [5.41, 5.74) is -2.16. The van der Waals surface area contributed by atoms with Crippen molar-refractivity contribution >= 4 is 23.9 Å². The SMILES string of the molecule is CC(=O)O[C@@H]1[C@@H](O[C@H]2[C@H](O)[C@@H](O[C@@H]3[C@@H](O)C(C)(C)C[C@H]4C5=CC[C@H]6[C@]7(C)CC[C@@H](O[C@H]8O[C@@H](C(=O)O)[C@H](O)[C@@H](O)[C@@H]8O[C@H]8OC[C@H](O)[C@@H](O)[C@@H]8O)[C@](C)(CO)[C@H]7CC[C@]6(C)[C@@]5(C)CC[C@]34C)OC[C@@H]2O)OC[C@H](OC(C)=O)[C@H]1OC(C)=O. The highest BCUT2D eigenvalue weighted by Gasteiger charge is 2.71. The maximum absolute atomic E-state index is 12.4. The first kappa shape index (κ1) is 63.4. The van der Waals surface area contributed by atoms with E-state index in [0.717, 1.165) is 27.2 Å². The Labute approximate surface area is 476 Å². The molecule has 25 heteroatoms. The molecule has 0 radical (unpaired) electrons. The number of allylic oxidation sites excluding steroid dienone is 2. The van der Waals surface area contributed by atoms with E-state index in [1.54, 1.807) is 0 Å². The zero-order chi connectivity index (χ0) is 60.1. The highest BCUT2D eigenvalue weighted by molar-refractivity contribution is 5.73. The molecule has 82 heavy (non-hydrogen) atoms. The van der Waals surface area contributed by atoms with Crippen LogP contribution in [-0.2, 0) is 71.3 Å². The lowest BCUT2D eigenvalue weighted by Crippen LogP contribution is -2.69. The molecule has 9 aliphatic rings. The molecule has 25 nitrogen and oxygen atoms in total. The monoisotopic (exact) mass is 1170 g/mol. The van der Waals surface area contributed by atoms with E-state index in [2.05, 4.69) is 33.8 Å². The van der Waals surface area contributed by atoms with Gasteiger partial charge in [-0.15, -0.1) is 0 Å². The zero-order valence-electron chi connectivity index (χ0n) is 48.4. The molecule has 0 aromatic heterocycles. The largest absolute Gasteiger partial charge is 0.479 e. The second kappa shape index (κ2) is 23.2. The topological polar surface area (TPSA) is 372 Å². The lowest BCUT2D eigenvalue weighted by atomic mass is 9.33. The van der Waals surface area contributed by atoms with E-state index >= 15 is 0 Å². The molecule has 4 aliphatic heterocycles. The average Bonchev–Trinajstić information content (AvgIpc) is 1.03. The van der Waals surface area contributed by atoms with Gasteiger partial charge in [0.1, 0.15) is 54.9 Å². The Bertz CT molecular complexity index is 2390. The van der Waals surface area contributed by atoms with Gasteiger partial charge in [0, 0.05) is 31.6 Å². The summed E-state index contributed by atoms with van der Waals surface area (Å²) < 4.78 is 65.1. The summed E-state index contributed by atoms with van der Waals surface area (Å²) in [6, 6.07) is 0. The molecule has 8 fully saturated rings. The van der Waals surface area contributed by atoms with E-state index < -0.39 is 170 Å². The molecule has 5 aliphatic carbocycles. The molecule has 4 saturated carbocycles. The van der Waals surface area contributed by atoms with Crippen molar-refractivity contribution in [3.8, 4) is 0 Å². The quantitative estimate of drug-likeness (QED) is 0.0506. The molecule has 28 atom stereocenters. The number of hydrogen-bond donors (Lipinski definition) is 10. The number of rotatable bonds is 13. The Kier molecular flexibility index (Phi) is 18.0. The van der Waals surface area contributed by atoms with Gasteiger partial charge in [-0.3, -0.25) is 14.4 Å². The number of carboxylic acids is 1. The fourth-order valence-electron chi connectivity index (χ4n) is 16.8. The van der Waals surface area contributed by atoms with Crippen LogP contribution in [-0.4, -0.2) is 224 Å². The smallest absolute Gasteiger partial charge is 0.335 e. The van der Waals surface area contributed by atoms with Crippen LogP contribution in [0.3, 0.4) is 0 Å². The fourth-order valence-corrected chi connectivity index (χ4v) is 16.8. The van der Waals surface area contributed by atoms with E-state index in [-0.39, 0.29) is 53.8 Å². The van der Waals surface area contributed by atoms with E-state index in [4.69, 9.17) is 52.1 Å². The number of aliphatic carboxylic acids is 1. The van der Waals surface area contributed by atoms with Crippen molar-refractivity contribution in [2.45, 2.75) is 243 Å². The summed E-state index contributed by atoms with van der Waals surface area (Å²) in [5, 5.41) is 111. The Hall–Kier alpha value is -3.06. The van der Waals surface area contributed by atoms with Crippen LogP contribution in [0.25, 0.3) is 0 Å². The number of carbonyl (C=O) groups is 4. The minimum Gasteiger partial charge on any atom is -0.479 e. The number of ether oxygens (including phenoxy) is 11. The number of aliphatic hydroxyl groups is 9. The summed E-state index contributed by atoms with van der Waals surface area (Å²) in [6.07, 6.45) is -22.7. The highest BCUT2D eigenvalue weighted by atomic mass is 16.8. The summed E-state index contributed by atoms with van der Waals surface area (Å²) in [4.78, 5) is 49.0. The molecule has 4 saturated heterocycles. The van der Waals surface area contributed by atoms with Crippen molar-refractivity contribution in [1.29, 1.82) is 0 Å². The number of carbonyl (C=O) groups excluding carboxylic acids is 3. The standard InChI is InChI=1S/C57H88O25/c1-24(59)75-31-22-74-50(44(77-26(3)61)41(31)76-25(2)60)79-40-30(63)21-73-49(39(40)68)82-46-45(69)52(4,5)19-28-27-11-12-33-54(7)15-14-34(55(8,23-58)32(54)13-16-57(33,10)56(27,9)18-17-53(28,46)6)78-51-43(37(66)36(65)42(80-51)47(70)71)81-48-38(67)35(64)29(62)20-72-48/h11,28-46,48-51,58,62-69H,12-23H2,1-10H3,(H,70,71)/t28-,29-,30-,31-,32-,33-,34+,35+,36+,37+,38-,39-,40+,41+,42+,43-,44-,45+,46+,48+,49+,50+,51-,53-,54+,55+,56-,57-/m0/s1. The second-order valence-corrected chi connectivity index (χ2v) is 26.8. The molecule has 0 bridgehead atoms. The van der Waals surface area contributed by atoms with Gasteiger partial charge in [0.05, 0.1) is 44.7 Å². The highest BCUT2D eigenvalue weighted by Crippen LogP contribution is 2.76. The predicted molar refractivity (Wildman–Crippen MR) is 277 cm³/mol. The van der Waals surface area contributed by atoms with Gasteiger partial charge in [-0.1, -0.05) is 60.1 Å². The van der Waals surface area contributed by atoms with Crippen molar-refractivity contribution in [2.75, 3.05) is 26.4 Å². The molecule has 0 spiro atoms. The van der Waals surface area contributed by atoms with Crippen LogP contribution in [0.5, 0.6) is 0 Å². The van der Waals surface area contributed by atoms with E-state index in [9.17, 15) is 70.2 Å². The third-order valence-corrected chi connectivity index (χ3v) is 21.5. The number of aliphatic hydroxyl groups excluding tert-OH is 9. The van der Waals surface area contributed by atoms with Gasteiger partial charge >= 0.3 is 23.9 Å². The van der Waals surface area contributed by atoms with Gasteiger partial charge in [0.15, 0.2) is 49.6 Å². The Morgan fingerprint density at radius 2 is 1.20 bits per heavy atom. The van der Waals surface area contributed by atoms with Crippen LogP contribution in [0.1, 0.15) is 121 Å². The first-order valence-electron chi connectivity index (χ1n) is 28.9. The van der Waals surface area contributed by atoms with Crippen LogP contribution < -0.4 is 0 Å². The van der Waals surface area contributed by atoms with E-state index in [1.165, 1.54) is 5.57 Å². The normalized spacial score (nSPS) is 50.9. The summed E-state index contributed by atoms with van der Waals surface area (Å²) in [5.74, 6) is -4.05. The molecular formula is C57H88O25. The fraction of sp³-hybridized carbons (Fsp3) is 0.895. The minimum atomic E-state index is -1.99. The van der Waals surface area contributed by atoms with Gasteiger partial charge in [0.25, 0.3) is 0 Å². The van der Waals surface area contributed by atoms with Gasteiger partial charge in [-0.2, -0.15) is 0 Å². The lowest BCUT2D eigenvalue weighted by Gasteiger charge is -2.72. The van der Waals surface area contributed by atoms with Crippen molar-refractivity contribution in [3.63, 3.8) is 0 Å². The Morgan fingerprint density at radius 3 is 1.83 bits per heavy atom. The van der Waals surface area contributed by atoms with Crippen LogP contribution in [0.2, 0.25) is 0 Å². The average molecular weight is 1170 g/mol. The number of esters is 3. The van der Waals surface area contributed by atoms with Crippen LogP contribution in [0, 0.1) is 50.2 Å². The zero-order valence-corrected chi connectivity index (χ0v) is 48.4. The summed E-state index contributed by atoms with van der Waals surface area (Å²) in [6.45, 7) is 16.9. The first-order valence-corrected chi connectivity index (χ1v) is 28.9. The molecule has 0 aromatic rings. The predicted octanol–water partition coefficient (Wildman–Crippen LogP) is 0.102. The van der Waals surface area contributed by atoms with E-state index in [1.807, 2.05) is 20.8 Å². The van der Waals surface area contributed by atoms with E-state index in [0.29, 0.717) is 44.9 Å². The second-order valence-electron chi connectivity index (χ2n) is 26.8. The van der Waals surface area contributed by atoms with Gasteiger partial charge in [0.2, 0.25) is 0 Å².